The minimum atomic E-state index is -0.789. The van der Waals surface area contributed by atoms with Crippen LogP contribution >= 0.6 is 33.2 Å². The van der Waals surface area contributed by atoms with E-state index in [1.807, 2.05) is 73.7 Å². The Bertz CT molecular complexity index is 2530. The van der Waals surface area contributed by atoms with E-state index in [4.69, 9.17) is 16.3 Å². The predicted molar refractivity (Wildman–Crippen MR) is 228 cm³/mol. The van der Waals surface area contributed by atoms with Gasteiger partial charge in [0.15, 0.2) is 5.78 Å². The molecule has 4 N–H and O–H groups in total. The average Bonchev–Trinajstić information content (AvgIpc) is 3.94. The fraction of sp³-hybridized carbons (Fsp3) is 0.279. The van der Waals surface area contributed by atoms with Gasteiger partial charge in [0.25, 0.3) is 5.91 Å². The van der Waals surface area contributed by atoms with Gasteiger partial charge < -0.3 is 30.0 Å². The number of halogens is 1. The van der Waals surface area contributed by atoms with Crippen molar-refractivity contribution in [2.75, 3.05) is 35.9 Å². The summed E-state index contributed by atoms with van der Waals surface area (Å²) in [7, 11) is 4.50. The molecule has 0 saturated heterocycles. The highest BCUT2D eigenvalue weighted by molar-refractivity contribution is 8.76. The van der Waals surface area contributed by atoms with Gasteiger partial charge in [-0.15, -0.1) is 11.6 Å². The quantitative estimate of drug-likeness (QED) is 0.0323. The Morgan fingerprint density at radius 2 is 1.56 bits per heavy atom. The molecular formula is C43H41ClN4O7S2. The topological polar surface area (TPSA) is 162 Å². The Morgan fingerprint density at radius 3 is 2.23 bits per heavy atom. The number of nitrogens with zero attached hydrogens (tertiary/aromatic N) is 1. The van der Waals surface area contributed by atoms with Crippen molar-refractivity contribution in [1.82, 2.24) is 15.3 Å². The number of nitrogens with one attached hydrogen (secondary N) is 3. The number of hydrogen-bond acceptors (Lipinski definition) is 8. The third-order valence-electron chi connectivity index (χ3n) is 10.3. The molecule has 2 aromatic heterocycles. The fourth-order valence-electron chi connectivity index (χ4n) is 7.27. The lowest BCUT2D eigenvalue weighted by Crippen LogP contribution is -2.30. The van der Waals surface area contributed by atoms with E-state index < -0.39 is 12.1 Å². The number of amides is 2. The largest absolute Gasteiger partial charge is 0.481 e. The second kappa shape index (κ2) is 17.5. The number of benzene rings is 4. The number of aromatic amines is 2. The van der Waals surface area contributed by atoms with Crippen LogP contribution in [0.4, 0.5) is 10.5 Å². The van der Waals surface area contributed by atoms with E-state index in [-0.39, 0.29) is 42.2 Å². The Kier molecular flexibility index (Phi) is 12.3. The maximum absolute atomic E-state index is 14.1. The van der Waals surface area contributed by atoms with Gasteiger partial charge in [0.2, 0.25) is 0 Å². The maximum Gasteiger partial charge on any atom is 0.412 e. The average molecular weight is 825 g/mol. The van der Waals surface area contributed by atoms with Crippen LogP contribution in [-0.2, 0) is 22.4 Å². The Hall–Kier alpha value is -5.24. The zero-order chi connectivity index (χ0) is 40.2. The van der Waals surface area contributed by atoms with Gasteiger partial charge in [-0.1, -0.05) is 64.9 Å². The van der Waals surface area contributed by atoms with Crippen molar-refractivity contribution in [2.45, 2.75) is 38.5 Å². The van der Waals surface area contributed by atoms with Crippen LogP contribution in [0, 0.1) is 5.92 Å². The number of ether oxygens (including phenoxy) is 1. The summed E-state index contributed by atoms with van der Waals surface area (Å²) in [4.78, 5) is 71.9. The minimum Gasteiger partial charge on any atom is -0.481 e. The van der Waals surface area contributed by atoms with Crippen molar-refractivity contribution in [3.63, 3.8) is 0 Å². The molecule has 1 unspecified atom stereocenters. The van der Waals surface area contributed by atoms with Gasteiger partial charge in [0.05, 0.1) is 17.3 Å². The molecule has 57 heavy (non-hydrogen) atoms. The SMILES string of the molecule is CC[C@@H](CSSCCC(=O)Cc1ccc2[nH]c(C(=O)Cc3ccc4[nH]c(C(=O)N5CC(CCl)c6c5cc(OC(=O)NC)c5ccccc65)cc4c3)cc2c1)C(=O)O. The van der Waals surface area contributed by atoms with Gasteiger partial charge in [-0.05, 0) is 64.9 Å². The van der Waals surface area contributed by atoms with Gasteiger partial charge in [-0.25, -0.2) is 4.79 Å². The Labute approximate surface area is 341 Å². The number of alkyl halides is 1. The molecule has 0 saturated carbocycles. The molecule has 7 rings (SSSR count). The standard InChI is InChI=1S/C43H41ClN4O7S2/c1-3-26(42(52)53)23-57-56-13-12-30(49)16-24-8-10-33-27(14-24)18-35(46-33)38(50)17-25-9-11-34-28(15-25)19-36(47-34)41(51)48-22-29(21-44)40-32-7-5-4-6-31(32)39(20-37(40)48)55-43(54)45-2/h4-11,14-15,18-20,26,29,46-47H,3,12-13,16-17,21-23H2,1-2H3,(H,45,54)(H,52,53)/t26-,29?/m0/s1. The number of aliphatic carboxylic acids is 1. The smallest absolute Gasteiger partial charge is 0.412 e. The summed E-state index contributed by atoms with van der Waals surface area (Å²) in [6.45, 7) is 2.22. The number of fused-ring (bicyclic) bond motifs is 5. The molecule has 1 aliphatic heterocycles. The van der Waals surface area contributed by atoms with Crippen LogP contribution in [0.15, 0.2) is 78.9 Å². The zero-order valence-electron chi connectivity index (χ0n) is 31.4. The monoisotopic (exact) mass is 824 g/mol. The predicted octanol–water partition coefficient (Wildman–Crippen LogP) is 8.92. The first-order chi connectivity index (χ1) is 27.6. The second-order valence-corrected chi connectivity index (χ2v) is 17.0. The van der Waals surface area contributed by atoms with Gasteiger partial charge in [0, 0.05) is 89.4 Å². The van der Waals surface area contributed by atoms with Gasteiger partial charge in [-0.3, -0.25) is 19.2 Å². The van der Waals surface area contributed by atoms with Crippen molar-refractivity contribution >= 4 is 101 Å². The summed E-state index contributed by atoms with van der Waals surface area (Å²) in [6.07, 6.45) is 0.786. The third-order valence-corrected chi connectivity index (χ3v) is 13.1. The molecule has 6 aromatic rings. The molecule has 0 bridgehead atoms. The normalized spacial score (nSPS) is 14.2. The summed E-state index contributed by atoms with van der Waals surface area (Å²) in [5, 5.41) is 14.9. The molecular weight excluding hydrogens is 784 g/mol. The zero-order valence-corrected chi connectivity index (χ0v) is 33.7. The minimum absolute atomic E-state index is 0.0967. The van der Waals surface area contributed by atoms with E-state index in [0.717, 1.165) is 49.3 Å². The van der Waals surface area contributed by atoms with Crippen molar-refractivity contribution in [3.05, 3.63) is 107 Å². The number of carboxylic acids is 1. The Balaban J connectivity index is 1.02. The lowest BCUT2D eigenvalue weighted by molar-refractivity contribution is -0.141. The first kappa shape index (κ1) is 40.0. The molecule has 3 heterocycles. The van der Waals surface area contributed by atoms with Crippen LogP contribution in [0.5, 0.6) is 5.75 Å². The van der Waals surface area contributed by atoms with E-state index in [1.54, 1.807) is 17.0 Å². The molecule has 0 aliphatic carbocycles. The molecule has 14 heteroatoms. The van der Waals surface area contributed by atoms with Gasteiger partial charge in [0.1, 0.15) is 17.2 Å². The van der Waals surface area contributed by atoms with Crippen LogP contribution in [-0.4, -0.2) is 75.6 Å². The van der Waals surface area contributed by atoms with E-state index in [2.05, 4.69) is 15.3 Å². The number of ketones is 2. The molecule has 0 spiro atoms. The third kappa shape index (κ3) is 8.70. The number of carbonyl (C=O) groups excluding carboxylic acids is 4. The van der Waals surface area contributed by atoms with Crippen LogP contribution in [0.25, 0.3) is 32.6 Å². The number of rotatable bonds is 16. The van der Waals surface area contributed by atoms with Crippen LogP contribution in [0.2, 0.25) is 0 Å². The molecule has 1 aliphatic rings. The second-order valence-electron chi connectivity index (χ2n) is 14.1. The summed E-state index contributed by atoms with van der Waals surface area (Å²) in [6, 6.07) is 24.3. The molecule has 0 radical (unpaired) electrons. The summed E-state index contributed by atoms with van der Waals surface area (Å²) in [5.74, 6) is 0.234. The first-order valence-electron chi connectivity index (χ1n) is 18.6. The number of hydrogen-bond donors (Lipinski definition) is 4. The molecule has 0 fully saturated rings. The number of Topliss-reactive ketones (excluding diaryl/α,β-unsaturated/α-hetero) is 2. The summed E-state index contributed by atoms with van der Waals surface area (Å²) >= 11 is 6.46. The lowest BCUT2D eigenvalue weighted by atomic mass is 9.95. The number of aromatic nitrogens is 2. The fourth-order valence-corrected chi connectivity index (χ4v) is 9.97. The lowest BCUT2D eigenvalue weighted by Gasteiger charge is -2.18. The van der Waals surface area contributed by atoms with Crippen LogP contribution < -0.4 is 15.0 Å². The summed E-state index contributed by atoms with van der Waals surface area (Å²) in [5.41, 5.74) is 5.61. The van der Waals surface area contributed by atoms with E-state index in [1.165, 1.54) is 28.6 Å². The molecule has 11 nitrogen and oxygen atoms in total. The molecule has 4 aromatic carbocycles. The van der Waals surface area contributed by atoms with Crippen molar-refractivity contribution in [2.24, 2.45) is 5.92 Å². The highest BCUT2D eigenvalue weighted by atomic mass is 35.5. The number of carbonyl (C=O) groups is 5. The molecule has 294 valence electrons. The molecule has 2 amide bonds. The van der Waals surface area contributed by atoms with E-state index in [0.29, 0.717) is 59.6 Å². The summed E-state index contributed by atoms with van der Waals surface area (Å²) < 4.78 is 5.61. The van der Waals surface area contributed by atoms with Gasteiger partial charge in [-0.2, -0.15) is 0 Å². The van der Waals surface area contributed by atoms with E-state index >= 15 is 0 Å². The number of anilines is 1. The van der Waals surface area contributed by atoms with Crippen molar-refractivity contribution in [1.29, 1.82) is 0 Å². The van der Waals surface area contributed by atoms with Crippen LogP contribution in [0.3, 0.4) is 0 Å². The Morgan fingerprint density at radius 1 is 0.895 bits per heavy atom. The van der Waals surface area contributed by atoms with E-state index in [9.17, 15) is 29.1 Å². The highest BCUT2D eigenvalue weighted by Crippen LogP contribution is 2.46. The van der Waals surface area contributed by atoms with Gasteiger partial charge >= 0.3 is 12.1 Å². The molecule has 2 atom stereocenters. The van der Waals surface area contributed by atoms with Crippen LogP contribution in [0.1, 0.15) is 63.4 Å². The highest BCUT2D eigenvalue weighted by Gasteiger charge is 2.36. The number of carboxylic acid groups (broad SMARTS) is 1. The number of H-pyrrole nitrogens is 2. The van der Waals surface area contributed by atoms with Crippen molar-refractivity contribution in [3.8, 4) is 5.75 Å². The van der Waals surface area contributed by atoms with Crippen molar-refractivity contribution < 1.29 is 33.8 Å². The maximum atomic E-state index is 14.1. The first-order valence-corrected chi connectivity index (χ1v) is 21.7.